The van der Waals surface area contributed by atoms with E-state index in [9.17, 15) is 9.59 Å². The molecule has 0 saturated carbocycles. The lowest BCUT2D eigenvalue weighted by Gasteiger charge is -2.25. The molecule has 2 aromatic rings. The zero-order valence-corrected chi connectivity index (χ0v) is 13.6. The number of imidazole rings is 1. The van der Waals surface area contributed by atoms with E-state index in [1.807, 2.05) is 6.07 Å². The third-order valence-corrected chi connectivity index (χ3v) is 4.29. The van der Waals surface area contributed by atoms with Crippen molar-refractivity contribution >= 4 is 17.5 Å². The van der Waals surface area contributed by atoms with E-state index in [0.717, 1.165) is 31.5 Å². The first-order valence-electron chi connectivity index (χ1n) is 7.77. The van der Waals surface area contributed by atoms with Gasteiger partial charge in [0.25, 0.3) is 0 Å². The first kappa shape index (κ1) is 16.0. The summed E-state index contributed by atoms with van der Waals surface area (Å²) >= 11 is 5.75. The van der Waals surface area contributed by atoms with Gasteiger partial charge in [-0.15, -0.1) is 0 Å². The molecule has 1 aliphatic rings. The average Bonchev–Trinajstić information content (AvgIpc) is 2.91. The summed E-state index contributed by atoms with van der Waals surface area (Å²) < 4.78 is 2.69. The zero-order valence-electron chi connectivity index (χ0n) is 12.8. The van der Waals surface area contributed by atoms with Crippen LogP contribution in [0.1, 0.15) is 29.6 Å². The summed E-state index contributed by atoms with van der Waals surface area (Å²) in [5.74, 6) is -0.176. The van der Waals surface area contributed by atoms with Crippen LogP contribution in [0.3, 0.4) is 0 Å². The average molecular weight is 335 g/mol. The molecule has 1 aliphatic heterocycles. The number of hydrogen-bond acceptors (Lipinski definition) is 4. The quantitative estimate of drug-likeness (QED) is 0.801. The van der Waals surface area contributed by atoms with Gasteiger partial charge in [-0.1, -0.05) is 24.1 Å². The molecular formula is C16H19ClN4O2. The summed E-state index contributed by atoms with van der Waals surface area (Å²) in [7, 11) is 0. The fraction of sp³-hybridized carbons (Fsp3) is 0.438. The number of carbonyl (C=O) groups excluding carboxylic acids is 1. The van der Waals surface area contributed by atoms with Gasteiger partial charge in [-0.3, -0.25) is 14.3 Å². The Balaban J connectivity index is 1.69. The van der Waals surface area contributed by atoms with Gasteiger partial charge in [-0.2, -0.15) is 0 Å². The second-order valence-electron chi connectivity index (χ2n) is 5.80. The van der Waals surface area contributed by atoms with Gasteiger partial charge in [0, 0.05) is 18.6 Å². The number of aromatic nitrogens is 3. The third kappa shape index (κ3) is 3.89. The summed E-state index contributed by atoms with van der Waals surface area (Å²) in [5, 5.41) is 0.412. The molecule has 0 radical (unpaired) electrons. The lowest BCUT2D eigenvalue weighted by molar-refractivity contribution is 0.0828. The van der Waals surface area contributed by atoms with Gasteiger partial charge in [-0.25, -0.2) is 14.3 Å². The van der Waals surface area contributed by atoms with E-state index in [-0.39, 0.29) is 11.6 Å². The molecule has 1 fully saturated rings. The van der Waals surface area contributed by atoms with E-state index in [2.05, 4.69) is 9.88 Å². The van der Waals surface area contributed by atoms with Crippen molar-refractivity contribution in [1.82, 2.24) is 19.0 Å². The van der Waals surface area contributed by atoms with Gasteiger partial charge in [0.15, 0.2) is 0 Å². The van der Waals surface area contributed by atoms with E-state index >= 15 is 0 Å². The molecule has 0 aliphatic carbocycles. The number of rotatable bonds is 4. The maximum Gasteiger partial charge on any atom is 0.335 e. The Morgan fingerprint density at radius 1 is 1.17 bits per heavy atom. The first-order valence-corrected chi connectivity index (χ1v) is 8.15. The van der Waals surface area contributed by atoms with Crippen molar-refractivity contribution in [2.45, 2.75) is 25.8 Å². The lowest BCUT2D eigenvalue weighted by Crippen LogP contribution is -2.39. The minimum absolute atomic E-state index is 0.176. The lowest BCUT2D eigenvalue weighted by atomic mass is 10.1. The molecule has 0 N–H and O–H groups in total. The highest BCUT2D eigenvalue weighted by Gasteiger charge is 2.17. The third-order valence-electron chi connectivity index (χ3n) is 4.07. The van der Waals surface area contributed by atoms with Crippen molar-refractivity contribution in [1.29, 1.82) is 0 Å². The number of piperidine rings is 1. The van der Waals surface area contributed by atoms with Crippen LogP contribution in [0, 0.1) is 0 Å². The largest absolute Gasteiger partial charge is 0.335 e. The fourth-order valence-corrected chi connectivity index (χ4v) is 2.92. The van der Waals surface area contributed by atoms with Crippen LogP contribution in [0.4, 0.5) is 0 Å². The van der Waals surface area contributed by atoms with Crippen molar-refractivity contribution in [2.24, 2.45) is 0 Å². The van der Waals surface area contributed by atoms with Crippen molar-refractivity contribution in [3.63, 3.8) is 0 Å². The number of halogens is 1. The summed E-state index contributed by atoms with van der Waals surface area (Å²) in [6.07, 6.45) is 8.25. The van der Waals surface area contributed by atoms with Crippen LogP contribution in [0.15, 0.2) is 35.5 Å². The van der Waals surface area contributed by atoms with Crippen LogP contribution in [0.2, 0.25) is 5.15 Å². The van der Waals surface area contributed by atoms with Crippen LogP contribution in [0.5, 0.6) is 0 Å². The highest BCUT2D eigenvalue weighted by Crippen LogP contribution is 2.08. The Morgan fingerprint density at radius 3 is 2.65 bits per heavy atom. The molecule has 0 aromatic carbocycles. The van der Waals surface area contributed by atoms with Crippen molar-refractivity contribution in [2.75, 3.05) is 19.6 Å². The second-order valence-corrected chi connectivity index (χ2v) is 6.19. The maximum atomic E-state index is 12.4. The predicted molar refractivity (Wildman–Crippen MR) is 88.0 cm³/mol. The predicted octanol–water partition coefficient (Wildman–Crippen LogP) is 1.87. The maximum absolute atomic E-state index is 12.4. The molecule has 23 heavy (non-hydrogen) atoms. The standard InChI is InChI=1S/C16H19ClN4O2/c17-14-5-4-13(10-18-14)11-20-8-9-21(16(20)23)15(22)12-19-6-2-1-3-7-19/h4-5,8-10H,1-3,6-7,11-12H2. The Bertz CT molecular complexity index is 729. The fourth-order valence-electron chi connectivity index (χ4n) is 2.80. The van der Waals surface area contributed by atoms with Gasteiger partial charge < -0.3 is 0 Å². The Hall–Kier alpha value is -1.92. The van der Waals surface area contributed by atoms with Gasteiger partial charge in [0.2, 0.25) is 5.91 Å². The number of hydrogen-bond donors (Lipinski definition) is 0. The molecule has 122 valence electrons. The summed E-state index contributed by atoms with van der Waals surface area (Å²) in [4.78, 5) is 30.8. The number of likely N-dealkylation sites (tertiary alicyclic amines) is 1. The zero-order chi connectivity index (χ0) is 16.2. The van der Waals surface area contributed by atoms with Crippen LogP contribution >= 0.6 is 11.6 Å². The monoisotopic (exact) mass is 334 g/mol. The van der Waals surface area contributed by atoms with E-state index in [1.54, 1.807) is 18.5 Å². The minimum atomic E-state index is -0.318. The molecule has 0 bridgehead atoms. The van der Waals surface area contributed by atoms with Crippen molar-refractivity contribution < 1.29 is 4.79 Å². The topological polar surface area (TPSA) is 60.1 Å². The summed E-state index contributed by atoms with van der Waals surface area (Å²) in [5.41, 5.74) is 0.541. The molecule has 0 unspecified atom stereocenters. The van der Waals surface area contributed by atoms with Gasteiger partial charge in [-0.05, 0) is 37.6 Å². The number of nitrogens with zero attached hydrogens (tertiary/aromatic N) is 4. The van der Waals surface area contributed by atoms with Crippen LogP contribution in [-0.4, -0.2) is 44.6 Å². The molecule has 0 amide bonds. The van der Waals surface area contributed by atoms with Gasteiger partial charge in [0.1, 0.15) is 5.15 Å². The SMILES string of the molecule is O=C(CN1CCCCC1)n1ccn(Cc2ccc(Cl)nc2)c1=O. The van der Waals surface area contributed by atoms with Gasteiger partial charge >= 0.3 is 5.69 Å². The molecular weight excluding hydrogens is 316 g/mol. The first-order chi connectivity index (χ1) is 11.1. The van der Waals surface area contributed by atoms with Crippen LogP contribution in [0.25, 0.3) is 0 Å². The summed E-state index contributed by atoms with van der Waals surface area (Å²) in [6, 6.07) is 3.50. The molecule has 0 atom stereocenters. The van der Waals surface area contributed by atoms with Crippen molar-refractivity contribution in [3.8, 4) is 0 Å². The molecule has 3 heterocycles. The Kier molecular flexibility index (Phi) is 4.93. The highest BCUT2D eigenvalue weighted by molar-refractivity contribution is 6.29. The van der Waals surface area contributed by atoms with Gasteiger partial charge in [0.05, 0.1) is 13.1 Å². The Morgan fingerprint density at radius 2 is 1.96 bits per heavy atom. The molecule has 7 heteroatoms. The summed E-state index contributed by atoms with van der Waals surface area (Å²) in [6.45, 7) is 2.52. The normalized spacial score (nSPS) is 15.7. The number of pyridine rings is 1. The van der Waals surface area contributed by atoms with Crippen molar-refractivity contribution in [3.05, 3.63) is 51.9 Å². The number of carbonyl (C=O) groups is 1. The van der Waals surface area contributed by atoms with Crippen LogP contribution < -0.4 is 5.69 Å². The van der Waals surface area contributed by atoms with E-state index in [4.69, 9.17) is 11.6 Å². The molecule has 2 aromatic heterocycles. The second kappa shape index (κ2) is 7.10. The van der Waals surface area contributed by atoms with Crippen LogP contribution in [-0.2, 0) is 6.54 Å². The van der Waals surface area contributed by atoms with E-state index in [0.29, 0.717) is 18.2 Å². The molecule has 6 nitrogen and oxygen atoms in total. The smallest absolute Gasteiger partial charge is 0.294 e. The highest BCUT2D eigenvalue weighted by atomic mass is 35.5. The Labute approximate surface area is 139 Å². The minimum Gasteiger partial charge on any atom is -0.294 e. The molecule has 1 saturated heterocycles. The molecule has 3 rings (SSSR count). The molecule has 0 spiro atoms. The van der Waals surface area contributed by atoms with E-state index in [1.165, 1.54) is 21.8 Å². The van der Waals surface area contributed by atoms with E-state index < -0.39 is 0 Å².